The van der Waals surface area contributed by atoms with E-state index in [1.54, 1.807) is 18.2 Å². The quantitative estimate of drug-likeness (QED) is 0.430. The van der Waals surface area contributed by atoms with Crippen LogP contribution in [-0.4, -0.2) is 17.0 Å². The van der Waals surface area contributed by atoms with Crippen LogP contribution < -0.4 is 5.43 Å². The molecule has 0 aliphatic rings. The van der Waals surface area contributed by atoms with Crippen LogP contribution in [0.4, 0.5) is 5.69 Å². The Morgan fingerprint density at radius 1 is 1.21 bits per heavy atom. The number of carbonyl (C=O) groups excluding carboxylic acids is 1. The Labute approximate surface area is 145 Å². The summed E-state index contributed by atoms with van der Waals surface area (Å²) in [5.41, 5.74) is 2.56. The summed E-state index contributed by atoms with van der Waals surface area (Å²) in [6.45, 7) is 0. The number of hydrogen-bond donors (Lipinski definition) is 1. The van der Waals surface area contributed by atoms with Gasteiger partial charge in [-0.3, -0.25) is 14.9 Å². The third kappa shape index (κ3) is 3.12. The van der Waals surface area contributed by atoms with Crippen molar-refractivity contribution in [1.82, 2.24) is 5.43 Å². The van der Waals surface area contributed by atoms with E-state index in [9.17, 15) is 14.9 Å². The molecule has 0 aliphatic carbocycles. The van der Waals surface area contributed by atoms with E-state index in [1.807, 2.05) is 24.3 Å². The highest BCUT2D eigenvalue weighted by atomic mass is 35.5. The minimum atomic E-state index is -0.508. The number of halogens is 1. The van der Waals surface area contributed by atoms with Crippen molar-refractivity contribution in [2.24, 2.45) is 5.10 Å². The number of nitro groups is 1. The number of nitro benzene ring substituents is 1. The minimum absolute atomic E-state index is 0.0876. The highest BCUT2D eigenvalue weighted by Gasteiger charge is 2.16. The fourth-order valence-corrected chi connectivity index (χ4v) is 3.54. The van der Waals surface area contributed by atoms with E-state index < -0.39 is 10.8 Å². The first-order valence-corrected chi connectivity index (χ1v) is 8.01. The van der Waals surface area contributed by atoms with Gasteiger partial charge in [0.05, 0.1) is 21.7 Å². The number of fused-ring (bicyclic) bond motifs is 1. The molecule has 6 nitrogen and oxygen atoms in total. The molecular weight excluding hydrogens is 350 g/mol. The van der Waals surface area contributed by atoms with Crippen LogP contribution >= 0.6 is 22.9 Å². The van der Waals surface area contributed by atoms with Gasteiger partial charge in [-0.2, -0.15) is 5.10 Å². The zero-order valence-corrected chi connectivity index (χ0v) is 13.7. The Hall–Kier alpha value is -2.77. The number of hydrazone groups is 1. The van der Waals surface area contributed by atoms with Gasteiger partial charge < -0.3 is 0 Å². The Balaban J connectivity index is 1.80. The van der Waals surface area contributed by atoms with Gasteiger partial charge in [0.25, 0.3) is 11.6 Å². The maximum atomic E-state index is 12.2. The highest BCUT2D eigenvalue weighted by Crippen LogP contribution is 2.34. The first-order chi connectivity index (χ1) is 11.6. The summed E-state index contributed by atoms with van der Waals surface area (Å²) in [5.74, 6) is -0.462. The summed E-state index contributed by atoms with van der Waals surface area (Å²) < 4.78 is 0.898. The van der Waals surface area contributed by atoms with Crippen molar-refractivity contribution < 1.29 is 9.72 Å². The van der Waals surface area contributed by atoms with Gasteiger partial charge in [-0.05, 0) is 12.1 Å². The molecule has 0 bridgehead atoms. The number of hydrogen-bond acceptors (Lipinski definition) is 5. The van der Waals surface area contributed by atoms with Gasteiger partial charge in [0.2, 0.25) is 0 Å². The second-order valence-electron chi connectivity index (χ2n) is 4.76. The summed E-state index contributed by atoms with van der Waals surface area (Å²) in [6.07, 6.45) is 1.23. The lowest BCUT2D eigenvalue weighted by molar-refractivity contribution is -0.385. The maximum Gasteiger partial charge on any atom is 0.283 e. The van der Waals surface area contributed by atoms with E-state index in [0.29, 0.717) is 15.5 Å². The van der Waals surface area contributed by atoms with Crippen molar-refractivity contribution in [3.8, 4) is 0 Å². The van der Waals surface area contributed by atoms with Crippen molar-refractivity contribution in [2.75, 3.05) is 0 Å². The van der Waals surface area contributed by atoms with Gasteiger partial charge in [0.1, 0.15) is 4.88 Å². The molecule has 0 aliphatic heterocycles. The second-order valence-corrected chi connectivity index (χ2v) is 6.19. The van der Waals surface area contributed by atoms with Crippen molar-refractivity contribution in [3.05, 3.63) is 74.1 Å². The third-order valence-corrected chi connectivity index (χ3v) is 4.92. The van der Waals surface area contributed by atoms with Crippen molar-refractivity contribution in [1.29, 1.82) is 0 Å². The number of carbonyl (C=O) groups is 1. The molecule has 0 fully saturated rings. The number of nitrogens with one attached hydrogen (secondary N) is 1. The lowest BCUT2D eigenvalue weighted by atomic mass is 10.2. The Bertz CT molecular complexity index is 968. The summed E-state index contributed by atoms with van der Waals surface area (Å²) >= 11 is 7.48. The molecular formula is C16H10ClN3O3S. The number of amides is 1. The van der Waals surface area contributed by atoms with Crippen LogP contribution in [0, 0.1) is 10.1 Å². The van der Waals surface area contributed by atoms with Gasteiger partial charge in [-0.1, -0.05) is 41.9 Å². The fraction of sp³-hybridized carbons (Fsp3) is 0. The second kappa shape index (κ2) is 6.77. The summed E-state index contributed by atoms with van der Waals surface area (Å²) in [5, 5.41) is 15.9. The van der Waals surface area contributed by atoms with Crippen LogP contribution in [0.1, 0.15) is 15.2 Å². The van der Waals surface area contributed by atoms with Crippen molar-refractivity contribution in [2.45, 2.75) is 0 Å². The van der Waals surface area contributed by atoms with E-state index in [1.165, 1.54) is 23.6 Å². The normalized spacial score (nSPS) is 11.0. The summed E-state index contributed by atoms with van der Waals surface area (Å²) in [4.78, 5) is 23.0. The Morgan fingerprint density at radius 3 is 2.67 bits per heavy atom. The van der Waals surface area contributed by atoms with E-state index in [-0.39, 0.29) is 5.69 Å². The molecule has 3 rings (SSSR count). The molecule has 3 aromatic rings. The van der Waals surface area contributed by atoms with Crippen LogP contribution in [0.3, 0.4) is 0 Å². The largest absolute Gasteiger partial charge is 0.283 e. The van der Waals surface area contributed by atoms with E-state index in [0.717, 1.165) is 10.1 Å². The third-order valence-electron chi connectivity index (χ3n) is 3.24. The van der Waals surface area contributed by atoms with Gasteiger partial charge in [0, 0.05) is 16.2 Å². The van der Waals surface area contributed by atoms with Gasteiger partial charge in [0.15, 0.2) is 0 Å². The summed E-state index contributed by atoms with van der Waals surface area (Å²) in [7, 11) is 0. The molecule has 2 aromatic carbocycles. The summed E-state index contributed by atoms with van der Waals surface area (Å²) in [6, 6.07) is 13.5. The molecule has 0 saturated heterocycles. The zero-order valence-electron chi connectivity index (χ0n) is 12.1. The number of thiophene rings is 1. The first kappa shape index (κ1) is 16.1. The lowest BCUT2D eigenvalue weighted by Gasteiger charge is -1.98. The van der Waals surface area contributed by atoms with Gasteiger partial charge >= 0.3 is 0 Å². The van der Waals surface area contributed by atoms with E-state index in [4.69, 9.17) is 11.6 Å². The monoisotopic (exact) mass is 359 g/mol. The number of rotatable bonds is 4. The number of benzene rings is 2. The molecule has 0 radical (unpaired) electrons. The molecule has 0 spiro atoms. The number of para-hydroxylation sites is 1. The van der Waals surface area contributed by atoms with Gasteiger partial charge in [-0.25, -0.2) is 5.43 Å². The molecule has 0 unspecified atom stereocenters. The standard InChI is InChI=1S/C16H10ClN3O3S/c17-14-11-6-2-4-8-13(11)24-15(14)16(21)19-18-9-10-5-1-3-7-12(10)20(22)23/h1-9H,(H,19,21)/b18-9+. The zero-order chi connectivity index (χ0) is 17.1. The predicted octanol–water partition coefficient (Wildman–Crippen LogP) is 4.23. The smallest absolute Gasteiger partial charge is 0.266 e. The molecule has 0 saturated carbocycles. The molecule has 1 heterocycles. The topological polar surface area (TPSA) is 84.6 Å². The molecule has 0 atom stereocenters. The van der Waals surface area contributed by atoms with Crippen LogP contribution in [0.2, 0.25) is 5.02 Å². The predicted molar refractivity (Wildman–Crippen MR) is 95.0 cm³/mol. The molecule has 120 valence electrons. The number of nitrogens with zero attached hydrogens (tertiary/aromatic N) is 2. The van der Waals surface area contributed by atoms with Crippen molar-refractivity contribution >= 4 is 50.8 Å². The maximum absolute atomic E-state index is 12.2. The van der Waals surface area contributed by atoms with Crippen LogP contribution in [0.25, 0.3) is 10.1 Å². The molecule has 8 heteroatoms. The van der Waals surface area contributed by atoms with E-state index in [2.05, 4.69) is 10.5 Å². The molecule has 24 heavy (non-hydrogen) atoms. The highest BCUT2D eigenvalue weighted by molar-refractivity contribution is 7.21. The van der Waals surface area contributed by atoms with Crippen LogP contribution in [-0.2, 0) is 0 Å². The SMILES string of the molecule is O=C(N/N=C/c1ccccc1[N+](=O)[O-])c1sc2ccccc2c1Cl. The average molecular weight is 360 g/mol. The van der Waals surface area contributed by atoms with Crippen molar-refractivity contribution in [3.63, 3.8) is 0 Å². The van der Waals surface area contributed by atoms with Gasteiger partial charge in [-0.15, -0.1) is 11.3 Å². The Morgan fingerprint density at radius 2 is 1.92 bits per heavy atom. The van der Waals surface area contributed by atoms with Crippen LogP contribution in [0.5, 0.6) is 0 Å². The fourth-order valence-electron chi connectivity index (χ4n) is 2.13. The minimum Gasteiger partial charge on any atom is -0.266 e. The van der Waals surface area contributed by atoms with E-state index >= 15 is 0 Å². The Kier molecular flexibility index (Phi) is 4.54. The molecule has 1 aromatic heterocycles. The first-order valence-electron chi connectivity index (χ1n) is 6.82. The lowest BCUT2D eigenvalue weighted by Crippen LogP contribution is -2.16. The molecule has 1 amide bonds. The van der Waals surface area contributed by atoms with Crippen LogP contribution in [0.15, 0.2) is 53.6 Å². The average Bonchev–Trinajstić information content (AvgIpc) is 2.92. The molecule has 1 N–H and O–H groups in total.